The zero-order valence-electron chi connectivity index (χ0n) is 15.1. The molecule has 5 nitrogen and oxygen atoms in total. The van der Waals surface area contributed by atoms with E-state index >= 15 is 0 Å². The average Bonchev–Trinajstić information content (AvgIpc) is 2.69. The molecule has 0 fully saturated rings. The number of halogens is 1. The second-order valence-corrected chi connectivity index (χ2v) is 6.48. The third kappa shape index (κ3) is 4.99. The summed E-state index contributed by atoms with van der Waals surface area (Å²) in [4.78, 5) is 16.6. The molecule has 1 aromatic heterocycles. The van der Waals surface area contributed by atoms with Crippen LogP contribution in [0.2, 0.25) is 5.02 Å². The van der Waals surface area contributed by atoms with Gasteiger partial charge in [0.1, 0.15) is 11.4 Å². The summed E-state index contributed by atoms with van der Waals surface area (Å²) < 4.78 is 5.15. The van der Waals surface area contributed by atoms with Crippen LogP contribution >= 0.6 is 11.6 Å². The molecular weight excluding hydrogens is 362 g/mol. The predicted octanol–water partition coefficient (Wildman–Crippen LogP) is 4.92. The Kier molecular flexibility index (Phi) is 5.94. The standard InChI is InChI=1S/C21H20ClN3O2/c1-14-11-16(22)5-9-19(14)25-21(26)20-10-6-17(13-24-20)23-12-15-3-7-18(27-2)8-4-15/h3-11,13,23H,12H2,1-2H3,(H,25,26). The maximum atomic E-state index is 12.4. The fourth-order valence-corrected chi connectivity index (χ4v) is 2.76. The number of nitrogens with zero attached hydrogens (tertiary/aromatic N) is 1. The highest BCUT2D eigenvalue weighted by molar-refractivity contribution is 6.30. The molecule has 0 saturated carbocycles. The Labute approximate surface area is 163 Å². The Bertz CT molecular complexity index is 925. The van der Waals surface area contributed by atoms with E-state index in [1.54, 1.807) is 37.6 Å². The second kappa shape index (κ2) is 8.56. The van der Waals surface area contributed by atoms with Crippen LogP contribution in [0.15, 0.2) is 60.8 Å². The van der Waals surface area contributed by atoms with Crippen molar-refractivity contribution >= 4 is 28.9 Å². The van der Waals surface area contributed by atoms with Gasteiger partial charge in [0.25, 0.3) is 5.91 Å². The molecule has 0 atom stereocenters. The summed E-state index contributed by atoms with van der Waals surface area (Å²) >= 11 is 5.94. The Hall–Kier alpha value is -3.05. The second-order valence-electron chi connectivity index (χ2n) is 6.05. The summed E-state index contributed by atoms with van der Waals surface area (Å²) in [6.07, 6.45) is 1.65. The molecule has 0 spiro atoms. The van der Waals surface area contributed by atoms with Crippen LogP contribution in [-0.2, 0) is 6.54 Å². The number of nitrogens with one attached hydrogen (secondary N) is 2. The van der Waals surface area contributed by atoms with E-state index in [-0.39, 0.29) is 5.91 Å². The maximum Gasteiger partial charge on any atom is 0.274 e. The van der Waals surface area contributed by atoms with Crippen LogP contribution in [-0.4, -0.2) is 18.0 Å². The number of hydrogen-bond acceptors (Lipinski definition) is 4. The number of aryl methyl sites for hydroxylation is 1. The van der Waals surface area contributed by atoms with Crippen LogP contribution in [0.1, 0.15) is 21.6 Å². The smallest absolute Gasteiger partial charge is 0.274 e. The number of ether oxygens (including phenoxy) is 1. The van der Waals surface area contributed by atoms with E-state index in [1.165, 1.54) is 0 Å². The number of benzene rings is 2. The Morgan fingerprint density at radius 3 is 2.52 bits per heavy atom. The summed E-state index contributed by atoms with van der Waals surface area (Å²) in [6.45, 7) is 2.54. The maximum absolute atomic E-state index is 12.4. The molecule has 0 bridgehead atoms. The van der Waals surface area contributed by atoms with Crippen LogP contribution in [0.25, 0.3) is 0 Å². The highest BCUT2D eigenvalue weighted by atomic mass is 35.5. The van der Waals surface area contributed by atoms with Gasteiger partial charge in [0.05, 0.1) is 19.0 Å². The molecular formula is C21H20ClN3O2. The molecule has 0 aliphatic rings. The van der Waals surface area contributed by atoms with Crippen LogP contribution in [0.3, 0.4) is 0 Å². The monoisotopic (exact) mass is 381 g/mol. The number of rotatable bonds is 6. The largest absolute Gasteiger partial charge is 0.497 e. The minimum absolute atomic E-state index is 0.262. The number of carbonyl (C=O) groups excluding carboxylic acids is 1. The van der Waals surface area contributed by atoms with Gasteiger partial charge in [-0.3, -0.25) is 4.79 Å². The lowest BCUT2D eigenvalue weighted by molar-refractivity contribution is 0.102. The van der Waals surface area contributed by atoms with Crippen molar-refractivity contribution < 1.29 is 9.53 Å². The molecule has 2 aromatic carbocycles. The van der Waals surface area contributed by atoms with Gasteiger partial charge in [-0.25, -0.2) is 4.98 Å². The van der Waals surface area contributed by atoms with Gasteiger partial charge in [-0.05, 0) is 60.5 Å². The average molecular weight is 382 g/mol. The Balaban J connectivity index is 1.59. The molecule has 6 heteroatoms. The minimum atomic E-state index is -0.262. The van der Waals surface area contributed by atoms with E-state index < -0.39 is 0 Å². The molecule has 3 rings (SSSR count). The zero-order valence-corrected chi connectivity index (χ0v) is 15.9. The molecule has 0 unspecified atom stereocenters. The minimum Gasteiger partial charge on any atom is -0.497 e. The van der Waals surface area contributed by atoms with E-state index in [0.29, 0.717) is 22.9 Å². The van der Waals surface area contributed by atoms with Gasteiger partial charge in [-0.15, -0.1) is 0 Å². The van der Waals surface area contributed by atoms with Gasteiger partial charge in [0, 0.05) is 17.3 Å². The molecule has 1 heterocycles. The molecule has 2 N–H and O–H groups in total. The molecule has 0 radical (unpaired) electrons. The molecule has 0 aliphatic carbocycles. The summed E-state index contributed by atoms with van der Waals surface area (Å²) in [6, 6.07) is 16.7. The highest BCUT2D eigenvalue weighted by Gasteiger charge is 2.09. The van der Waals surface area contributed by atoms with E-state index in [9.17, 15) is 4.79 Å². The van der Waals surface area contributed by atoms with Gasteiger partial charge >= 0.3 is 0 Å². The number of pyridine rings is 1. The van der Waals surface area contributed by atoms with E-state index in [4.69, 9.17) is 16.3 Å². The van der Waals surface area contributed by atoms with Gasteiger partial charge in [0.15, 0.2) is 0 Å². The molecule has 1 amide bonds. The molecule has 138 valence electrons. The number of amides is 1. The van der Waals surface area contributed by atoms with Crippen molar-refractivity contribution in [2.75, 3.05) is 17.7 Å². The van der Waals surface area contributed by atoms with Crippen LogP contribution in [0, 0.1) is 6.92 Å². The van der Waals surface area contributed by atoms with Gasteiger partial charge < -0.3 is 15.4 Å². The lowest BCUT2D eigenvalue weighted by atomic mass is 10.2. The fourth-order valence-electron chi connectivity index (χ4n) is 2.53. The van der Waals surface area contributed by atoms with Crippen molar-refractivity contribution in [1.82, 2.24) is 4.98 Å². The SMILES string of the molecule is COc1ccc(CNc2ccc(C(=O)Nc3ccc(Cl)cc3C)nc2)cc1. The topological polar surface area (TPSA) is 63.2 Å². The Morgan fingerprint density at radius 2 is 1.89 bits per heavy atom. The first-order valence-corrected chi connectivity index (χ1v) is 8.83. The van der Waals surface area contributed by atoms with E-state index in [0.717, 1.165) is 22.6 Å². The van der Waals surface area contributed by atoms with Crippen molar-refractivity contribution in [2.24, 2.45) is 0 Å². The highest BCUT2D eigenvalue weighted by Crippen LogP contribution is 2.20. The molecule has 3 aromatic rings. The number of aromatic nitrogens is 1. The third-order valence-electron chi connectivity index (χ3n) is 4.09. The quantitative estimate of drug-likeness (QED) is 0.636. The third-order valence-corrected chi connectivity index (χ3v) is 4.32. The Morgan fingerprint density at radius 1 is 1.11 bits per heavy atom. The summed E-state index contributed by atoms with van der Waals surface area (Å²) in [7, 11) is 1.64. The number of anilines is 2. The van der Waals surface area contributed by atoms with E-state index in [2.05, 4.69) is 15.6 Å². The number of carbonyl (C=O) groups is 1. The molecule has 0 saturated heterocycles. The van der Waals surface area contributed by atoms with Gasteiger partial charge in [-0.2, -0.15) is 0 Å². The van der Waals surface area contributed by atoms with Crippen molar-refractivity contribution in [3.63, 3.8) is 0 Å². The van der Waals surface area contributed by atoms with Gasteiger partial charge in [-0.1, -0.05) is 23.7 Å². The normalized spacial score (nSPS) is 10.3. The van der Waals surface area contributed by atoms with Crippen molar-refractivity contribution in [3.8, 4) is 5.75 Å². The lowest BCUT2D eigenvalue weighted by Crippen LogP contribution is -2.14. The van der Waals surface area contributed by atoms with E-state index in [1.807, 2.05) is 37.3 Å². The summed E-state index contributed by atoms with van der Waals surface area (Å²) in [5, 5.41) is 6.76. The first kappa shape index (κ1) is 18.7. The van der Waals surface area contributed by atoms with Crippen LogP contribution < -0.4 is 15.4 Å². The van der Waals surface area contributed by atoms with Crippen LogP contribution in [0.5, 0.6) is 5.75 Å². The predicted molar refractivity (Wildman–Crippen MR) is 109 cm³/mol. The molecule has 27 heavy (non-hydrogen) atoms. The number of methoxy groups -OCH3 is 1. The van der Waals surface area contributed by atoms with Crippen molar-refractivity contribution in [3.05, 3.63) is 82.6 Å². The van der Waals surface area contributed by atoms with Gasteiger partial charge in [0.2, 0.25) is 0 Å². The first-order valence-electron chi connectivity index (χ1n) is 8.45. The summed E-state index contributed by atoms with van der Waals surface area (Å²) in [5.41, 5.74) is 3.92. The summed E-state index contributed by atoms with van der Waals surface area (Å²) in [5.74, 6) is 0.564. The zero-order chi connectivity index (χ0) is 19.2. The van der Waals surface area contributed by atoms with Crippen molar-refractivity contribution in [1.29, 1.82) is 0 Å². The fraction of sp³-hybridized carbons (Fsp3) is 0.143. The first-order chi connectivity index (χ1) is 13.0. The number of hydrogen-bond donors (Lipinski definition) is 2. The van der Waals surface area contributed by atoms with Crippen molar-refractivity contribution in [2.45, 2.75) is 13.5 Å². The van der Waals surface area contributed by atoms with Crippen LogP contribution in [0.4, 0.5) is 11.4 Å². The lowest BCUT2D eigenvalue weighted by Gasteiger charge is -2.10. The molecule has 0 aliphatic heterocycles.